The van der Waals surface area contributed by atoms with Gasteiger partial charge in [-0.1, -0.05) is 0 Å². The lowest BCUT2D eigenvalue weighted by atomic mass is 9.81. The van der Waals surface area contributed by atoms with Gasteiger partial charge in [0.1, 0.15) is 0 Å². The first-order valence-electron chi connectivity index (χ1n) is 4.96. The number of carbonyl (C=O) groups is 1. The van der Waals surface area contributed by atoms with Crippen LogP contribution in [0.25, 0.3) is 0 Å². The van der Waals surface area contributed by atoms with E-state index in [0.29, 0.717) is 5.92 Å². The maximum Gasteiger partial charge on any atom is 0.308 e. The van der Waals surface area contributed by atoms with Gasteiger partial charge in [0, 0.05) is 6.61 Å². The molecule has 13 heavy (non-hydrogen) atoms. The van der Waals surface area contributed by atoms with Crippen LogP contribution < -0.4 is 0 Å². The second-order valence-corrected chi connectivity index (χ2v) is 3.75. The molecule has 0 atom stereocenters. The highest BCUT2D eigenvalue weighted by molar-refractivity contribution is 5.72. The van der Waals surface area contributed by atoms with Crippen LogP contribution in [0, 0.1) is 11.8 Å². The Morgan fingerprint density at radius 3 is 2.46 bits per heavy atom. The highest BCUT2D eigenvalue weighted by Crippen LogP contribution is 2.31. The molecule has 0 unspecified atom stereocenters. The number of aliphatic hydroxyl groups excluding tert-OH is 1. The van der Waals surface area contributed by atoms with Gasteiger partial charge in [-0.25, -0.2) is 0 Å². The van der Waals surface area contributed by atoms with E-state index in [1.54, 1.807) is 0 Å². The van der Waals surface area contributed by atoms with Crippen LogP contribution in [0.15, 0.2) is 0 Å². The smallest absolute Gasteiger partial charge is 0.308 e. The maximum absolute atomic E-state index is 11.2. The van der Waals surface area contributed by atoms with Crippen LogP contribution in [-0.4, -0.2) is 24.8 Å². The van der Waals surface area contributed by atoms with E-state index in [1.807, 2.05) is 0 Å². The molecule has 0 aromatic heterocycles. The molecule has 3 heteroatoms. The minimum Gasteiger partial charge on any atom is -0.469 e. The number of aliphatic hydroxyl groups is 1. The Morgan fingerprint density at radius 1 is 1.38 bits per heavy atom. The first kappa shape index (κ1) is 10.5. The fourth-order valence-corrected chi connectivity index (χ4v) is 2.04. The Balaban J connectivity index is 2.26. The first-order chi connectivity index (χ1) is 6.27. The SMILES string of the molecule is COC(=O)C1CCC(CCO)CC1. The summed E-state index contributed by atoms with van der Waals surface area (Å²) in [6.07, 6.45) is 4.85. The standard InChI is InChI=1S/C10H18O3/c1-13-10(12)9-4-2-8(3-5-9)6-7-11/h8-9,11H,2-7H2,1H3. The van der Waals surface area contributed by atoms with Gasteiger partial charge in [-0.05, 0) is 38.0 Å². The quantitative estimate of drug-likeness (QED) is 0.677. The first-order valence-corrected chi connectivity index (χ1v) is 4.96. The second kappa shape index (κ2) is 5.22. The van der Waals surface area contributed by atoms with Crippen LogP contribution in [0.5, 0.6) is 0 Å². The van der Waals surface area contributed by atoms with Crippen molar-refractivity contribution in [2.24, 2.45) is 11.8 Å². The third kappa shape index (κ3) is 2.99. The summed E-state index contributed by atoms with van der Waals surface area (Å²) in [5.74, 6) is 0.660. The fraction of sp³-hybridized carbons (Fsp3) is 0.900. The summed E-state index contributed by atoms with van der Waals surface area (Å²) in [7, 11) is 1.45. The molecule has 1 rings (SSSR count). The summed E-state index contributed by atoms with van der Waals surface area (Å²) in [6.45, 7) is 0.271. The minimum absolute atomic E-state index is 0.0672. The average Bonchev–Trinajstić information content (AvgIpc) is 2.18. The van der Waals surface area contributed by atoms with Crippen molar-refractivity contribution in [2.45, 2.75) is 32.1 Å². The molecule has 0 aromatic carbocycles. The Kier molecular flexibility index (Phi) is 4.22. The third-order valence-corrected chi connectivity index (χ3v) is 2.92. The van der Waals surface area contributed by atoms with E-state index in [1.165, 1.54) is 7.11 Å². The van der Waals surface area contributed by atoms with Crippen molar-refractivity contribution in [3.8, 4) is 0 Å². The van der Waals surface area contributed by atoms with Crippen molar-refractivity contribution < 1.29 is 14.6 Å². The van der Waals surface area contributed by atoms with Gasteiger partial charge >= 0.3 is 5.97 Å². The van der Waals surface area contributed by atoms with Gasteiger partial charge in [0.15, 0.2) is 0 Å². The highest BCUT2D eigenvalue weighted by Gasteiger charge is 2.26. The molecule has 1 saturated carbocycles. The number of rotatable bonds is 3. The van der Waals surface area contributed by atoms with Crippen LogP contribution in [0.2, 0.25) is 0 Å². The topological polar surface area (TPSA) is 46.5 Å². The number of esters is 1. The minimum atomic E-state index is -0.0672. The van der Waals surface area contributed by atoms with Crippen LogP contribution >= 0.6 is 0 Å². The van der Waals surface area contributed by atoms with E-state index in [-0.39, 0.29) is 18.5 Å². The molecule has 3 nitrogen and oxygen atoms in total. The van der Waals surface area contributed by atoms with Gasteiger partial charge in [-0.2, -0.15) is 0 Å². The lowest BCUT2D eigenvalue weighted by Gasteiger charge is -2.26. The number of methoxy groups -OCH3 is 1. The van der Waals surface area contributed by atoms with E-state index < -0.39 is 0 Å². The Labute approximate surface area is 79.1 Å². The number of hydrogen-bond donors (Lipinski definition) is 1. The van der Waals surface area contributed by atoms with E-state index in [2.05, 4.69) is 0 Å². The molecule has 1 aliphatic rings. The van der Waals surface area contributed by atoms with Crippen molar-refractivity contribution >= 4 is 5.97 Å². The van der Waals surface area contributed by atoms with Gasteiger partial charge in [-0.3, -0.25) is 4.79 Å². The molecule has 1 aliphatic carbocycles. The summed E-state index contributed by atoms with van der Waals surface area (Å²) in [4.78, 5) is 11.2. The lowest BCUT2D eigenvalue weighted by Crippen LogP contribution is -2.23. The molecule has 0 bridgehead atoms. The zero-order valence-corrected chi connectivity index (χ0v) is 8.16. The molecule has 0 aliphatic heterocycles. The van der Waals surface area contributed by atoms with Crippen LogP contribution in [-0.2, 0) is 9.53 Å². The van der Waals surface area contributed by atoms with E-state index in [0.717, 1.165) is 32.1 Å². The molecular formula is C10H18O3. The second-order valence-electron chi connectivity index (χ2n) is 3.75. The molecule has 0 aromatic rings. The van der Waals surface area contributed by atoms with Crippen LogP contribution in [0.3, 0.4) is 0 Å². The van der Waals surface area contributed by atoms with Gasteiger partial charge in [0.2, 0.25) is 0 Å². The van der Waals surface area contributed by atoms with Crippen LogP contribution in [0.1, 0.15) is 32.1 Å². The summed E-state index contributed by atoms with van der Waals surface area (Å²) in [5, 5.41) is 8.75. The molecule has 0 heterocycles. The molecule has 1 fully saturated rings. The Hall–Kier alpha value is -0.570. The van der Waals surface area contributed by atoms with Crippen molar-refractivity contribution in [1.29, 1.82) is 0 Å². The van der Waals surface area contributed by atoms with E-state index in [4.69, 9.17) is 9.84 Å². The molecular weight excluding hydrogens is 168 g/mol. The fourth-order valence-electron chi connectivity index (χ4n) is 2.04. The van der Waals surface area contributed by atoms with Crippen molar-refractivity contribution in [3.63, 3.8) is 0 Å². The van der Waals surface area contributed by atoms with E-state index >= 15 is 0 Å². The number of ether oxygens (including phenoxy) is 1. The molecule has 0 amide bonds. The Morgan fingerprint density at radius 2 is 2.00 bits per heavy atom. The van der Waals surface area contributed by atoms with Gasteiger partial charge < -0.3 is 9.84 Å². The van der Waals surface area contributed by atoms with E-state index in [9.17, 15) is 4.79 Å². The molecule has 1 N–H and O–H groups in total. The van der Waals surface area contributed by atoms with Crippen molar-refractivity contribution in [3.05, 3.63) is 0 Å². The maximum atomic E-state index is 11.2. The van der Waals surface area contributed by atoms with Gasteiger partial charge in [0.25, 0.3) is 0 Å². The monoisotopic (exact) mass is 186 g/mol. The zero-order chi connectivity index (χ0) is 9.68. The molecule has 0 saturated heterocycles. The summed E-state index contributed by atoms with van der Waals surface area (Å²) < 4.78 is 4.70. The summed E-state index contributed by atoms with van der Waals surface area (Å²) in [5.41, 5.74) is 0. The molecule has 0 radical (unpaired) electrons. The summed E-state index contributed by atoms with van der Waals surface area (Å²) in [6, 6.07) is 0. The highest BCUT2D eigenvalue weighted by atomic mass is 16.5. The van der Waals surface area contributed by atoms with Crippen LogP contribution in [0.4, 0.5) is 0 Å². The van der Waals surface area contributed by atoms with Crippen molar-refractivity contribution in [1.82, 2.24) is 0 Å². The zero-order valence-electron chi connectivity index (χ0n) is 8.16. The normalized spacial score (nSPS) is 28.5. The van der Waals surface area contributed by atoms with Gasteiger partial charge in [0.05, 0.1) is 13.0 Å². The predicted octanol–water partition coefficient (Wildman–Crippen LogP) is 1.35. The largest absolute Gasteiger partial charge is 0.469 e. The Bertz CT molecular complexity index is 160. The summed E-state index contributed by atoms with van der Waals surface area (Å²) >= 11 is 0. The number of carbonyl (C=O) groups excluding carboxylic acids is 1. The molecule has 76 valence electrons. The lowest BCUT2D eigenvalue weighted by molar-refractivity contribution is -0.146. The third-order valence-electron chi connectivity index (χ3n) is 2.92. The van der Waals surface area contributed by atoms with Gasteiger partial charge in [-0.15, -0.1) is 0 Å². The number of hydrogen-bond acceptors (Lipinski definition) is 3. The average molecular weight is 186 g/mol. The van der Waals surface area contributed by atoms with Crippen molar-refractivity contribution in [2.75, 3.05) is 13.7 Å². The predicted molar refractivity (Wildman–Crippen MR) is 49.2 cm³/mol. The molecule has 0 spiro atoms.